The topological polar surface area (TPSA) is 15.3 Å². The fourth-order valence-electron chi connectivity index (χ4n) is 4.12. The van der Waals surface area contributed by atoms with Gasteiger partial charge in [-0.05, 0) is 55.7 Å². The van der Waals surface area contributed by atoms with Crippen LogP contribution in [-0.4, -0.2) is 26.2 Å². The summed E-state index contributed by atoms with van der Waals surface area (Å²) in [6, 6.07) is 9.39. The monoisotopic (exact) mass is 288 g/mol. The molecule has 0 radical (unpaired) electrons. The molecule has 4 atom stereocenters. The Bertz CT molecular complexity index is 443. The van der Waals surface area contributed by atoms with Crippen molar-refractivity contribution in [3.63, 3.8) is 0 Å². The Labute approximate surface area is 130 Å². The quantitative estimate of drug-likeness (QED) is 0.878. The maximum absolute atomic E-state index is 3.74. The summed E-state index contributed by atoms with van der Waals surface area (Å²) in [6.45, 7) is 11.5. The molecule has 2 nitrogen and oxygen atoms in total. The Hall–Kier alpha value is -1.02. The molecule has 0 aliphatic heterocycles. The van der Waals surface area contributed by atoms with Gasteiger partial charge in [-0.25, -0.2) is 0 Å². The van der Waals surface area contributed by atoms with Gasteiger partial charge >= 0.3 is 0 Å². The lowest BCUT2D eigenvalue weighted by atomic mass is 9.72. The first-order valence-electron chi connectivity index (χ1n) is 8.53. The minimum atomic E-state index is 0.667. The zero-order chi connectivity index (χ0) is 15.4. The van der Waals surface area contributed by atoms with Gasteiger partial charge in [0.25, 0.3) is 0 Å². The molecule has 1 fully saturated rings. The van der Waals surface area contributed by atoms with Crippen molar-refractivity contribution in [2.75, 3.05) is 25.0 Å². The Morgan fingerprint density at radius 3 is 2.57 bits per heavy atom. The van der Waals surface area contributed by atoms with Crippen molar-refractivity contribution in [3.05, 3.63) is 29.8 Å². The summed E-state index contributed by atoms with van der Waals surface area (Å²) in [5.74, 6) is 2.39. The van der Waals surface area contributed by atoms with Crippen molar-refractivity contribution in [2.24, 2.45) is 17.8 Å². The van der Waals surface area contributed by atoms with Crippen LogP contribution in [0.3, 0.4) is 0 Å². The van der Waals surface area contributed by atoms with Crippen molar-refractivity contribution in [1.82, 2.24) is 5.32 Å². The first-order chi connectivity index (χ1) is 10.0. The predicted molar refractivity (Wildman–Crippen MR) is 93.0 cm³/mol. The summed E-state index contributed by atoms with van der Waals surface area (Å²) in [5.41, 5.74) is 2.75. The van der Waals surface area contributed by atoms with Crippen LogP contribution >= 0.6 is 0 Å². The molecule has 1 N–H and O–H groups in total. The molecule has 0 spiro atoms. The van der Waals surface area contributed by atoms with E-state index in [-0.39, 0.29) is 0 Å². The molecule has 0 amide bonds. The van der Waals surface area contributed by atoms with Gasteiger partial charge in [0.1, 0.15) is 0 Å². The van der Waals surface area contributed by atoms with E-state index < -0.39 is 0 Å². The second-order valence-electron chi connectivity index (χ2n) is 7.05. The number of benzene rings is 1. The van der Waals surface area contributed by atoms with Crippen LogP contribution in [0.5, 0.6) is 0 Å². The predicted octanol–water partition coefficient (Wildman–Crippen LogP) is 4.09. The second kappa shape index (κ2) is 7.31. The van der Waals surface area contributed by atoms with Gasteiger partial charge in [-0.2, -0.15) is 0 Å². The van der Waals surface area contributed by atoms with Crippen LogP contribution in [0.4, 0.5) is 5.69 Å². The number of para-hydroxylation sites is 1. The first kappa shape index (κ1) is 16.4. The van der Waals surface area contributed by atoms with E-state index in [0.717, 1.165) is 30.8 Å². The SMILES string of the molecule is CCNC1CC(C)CC(C)C1CN(C)c1ccccc1C. The minimum Gasteiger partial charge on any atom is -0.374 e. The van der Waals surface area contributed by atoms with E-state index in [2.05, 4.69) is 69.2 Å². The van der Waals surface area contributed by atoms with Crippen LogP contribution in [-0.2, 0) is 0 Å². The first-order valence-corrected chi connectivity index (χ1v) is 8.53. The highest BCUT2D eigenvalue weighted by Crippen LogP contribution is 2.35. The lowest BCUT2D eigenvalue weighted by Crippen LogP contribution is -2.48. The van der Waals surface area contributed by atoms with Gasteiger partial charge in [0, 0.05) is 25.3 Å². The molecular formula is C19H32N2. The largest absolute Gasteiger partial charge is 0.374 e. The molecule has 2 heteroatoms. The summed E-state index contributed by atoms with van der Waals surface area (Å²) >= 11 is 0. The molecule has 0 bridgehead atoms. The van der Waals surface area contributed by atoms with Crippen LogP contribution in [0.2, 0.25) is 0 Å². The molecule has 0 aromatic heterocycles. The average Bonchev–Trinajstić information content (AvgIpc) is 2.43. The van der Waals surface area contributed by atoms with E-state index in [1.54, 1.807) is 0 Å². The van der Waals surface area contributed by atoms with Gasteiger partial charge in [0.05, 0.1) is 0 Å². The molecular weight excluding hydrogens is 256 g/mol. The number of hydrogen-bond donors (Lipinski definition) is 1. The third-order valence-corrected chi connectivity index (χ3v) is 5.16. The maximum atomic E-state index is 3.74. The fourth-order valence-corrected chi connectivity index (χ4v) is 4.12. The summed E-state index contributed by atoms with van der Waals surface area (Å²) in [6.07, 6.45) is 2.69. The second-order valence-corrected chi connectivity index (χ2v) is 7.05. The lowest BCUT2D eigenvalue weighted by molar-refractivity contribution is 0.154. The fraction of sp³-hybridized carbons (Fsp3) is 0.684. The Morgan fingerprint density at radius 2 is 1.90 bits per heavy atom. The average molecular weight is 288 g/mol. The van der Waals surface area contributed by atoms with Gasteiger partial charge in [-0.1, -0.05) is 39.0 Å². The van der Waals surface area contributed by atoms with Crippen molar-refractivity contribution in [2.45, 2.75) is 46.6 Å². The van der Waals surface area contributed by atoms with Gasteiger partial charge in [-0.3, -0.25) is 0 Å². The highest BCUT2D eigenvalue weighted by molar-refractivity contribution is 5.52. The van der Waals surface area contributed by atoms with E-state index in [9.17, 15) is 0 Å². The van der Waals surface area contributed by atoms with Crippen LogP contribution in [0.25, 0.3) is 0 Å². The van der Waals surface area contributed by atoms with Gasteiger partial charge in [-0.15, -0.1) is 0 Å². The molecule has 1 saturated carbocycles. The van der Waals surface area contributed by atoms with Gasteiger partial charge < -0.3 is 10.2 Å². The Morgan fingerprint density at radius 1 is 1.19 bits per heavy atom. The normalized spacial score (nSPS) is 29.4. The zero-order valence-corrected chi connectivity index (χ0v) is 14.4. The summed E-state index contributed by atoms with van der Waals surface area (Å²) < 4.78 is 0. The Kier molecular flexibility index (Phi) is 5.69. The number of rotatable bonds is 5. The number of nitrogens with one attached hydrogen (secondary N) is 1. The molecule has 2 rings (SSSR count). The van der Waals surface area contributed by atoms with Crippen molar-refractivity contribution in [3.8, 4) is 0 Å². The van der Waals surface area contributed by atoms with E-state index in [4.69, 9.17) is 0 Å². The number of aryl methyl sites for hydroxylation is 1. The molecule has 118 valence electrons. The number of hydrogen-bond acceptors (Lipinski definition) is 2. The molecule has 21 heavy (non-hydrogen) atoms. The smallest absolute Gasteiger partial charge is 0.0393 e. The van der Waals surface area contributed by atoms with E-state index in [0.29, 0.717) is 6.04 Å². The van der Waals surface area contributed by atoms with Crippen LogP contribution in [0.15, 0.2) is 24.3 Å². The molecule has 1 aromatic rings. The van der Waals surface area contributed by atoms with Crippen molar-refractivity contribution < 1.29 is 0 Å². The standard InChI is InChI=1S/C19H32N2/c1-6-20-18-12-14(2)11-16(4)17(18)13-21(5)19-10-8-7-9-15(19)3/h7-10,14,16-18,20H,6,11-13H2,1-5H3. The summed E-state index contributed by atoms with van der Waals surface area (Å²) in [5, 5.41) is 3.74. The number of nitrogens with zero attached hydrogens (tertiary/aromatic N) is 1. The van der Waals surface area contributed by atoms with Crippen molar-refractivity contribution in [1.29, 1.82) is 0 Å². The molecule has 4 unspecified atom stereocenters. The zero-order valence-electron chi connectivity index (χ0n) is 14.4. The highest BCUT2D eigenvalue weighted by atomic mass is 15.1. The highest BCUT2D eigenvalue weighted by Gasteiger charge is 2.34. The Balaban J connectivity index is 2.09. The third-order valence-electron chi connectivity index (χ3n) is 5.16. The summed E-state index contributed by atoms with van der Waals surface area (Å²) in [7, 11) is 2.25. The van der Waals surface area contributed by atoms with Crippen LogP contribution in [0.1, 0.15) is 39.2 Å². The molecule has 1 aliphatic rings. The minimum absolute atomic E-state index is 0.667. The van der Waals surface area contributed by atoms with Crippen LogP contribution in [0, 0.1) is 24.7 Å². The molecule has 0 saturated heterocycles. The van der Waals surface area contributed by atoms with Crippen molar-refractivity contribution >= 4 is 5.69 Å². The maximum Gasteiger partial charge on any atom is 0.0393 e. The molecule has 0 heterocycles. The van der Waals surface area contributed by atoms with E-state index in [1.807, 2.05) is 0 Å². The van der Waals surface area contributed by atoms with Crippen LogP contribution < -0.4 is 10.2 Å². The molecule has 1 aromatic carbocycles. The van der Waals surface area contributed by atoms with E-state index in [1.165, 1.54) is 24.1 Å². The summed E-state index contributed by atoms with van der Waals surface area (Å²) in [4.78, 5) is 2.46. The molecule has 1 aliphatic carbocycles. The lowest BCUT2D eigenvalue weighted by Gasteiger charge is -2.42. The van der Waals surface area contributed by atoms with E-state index >= 15 is 0 Å². The van der Waals surface area contributed by atoms with Gasteiger partial charge in [0.2, 0.25) is 0 Å². The third kappa shape index (κ3) is 4.00. The van der Waals surface area contributed by atoms with Gasteiger partial charge in [0.15, 0.2) is 0 Å². The number of anilines is 1.